The largest absolute Gasteiger partial charge is 0.396 e. The monoisotopic (exact) mass is 281 g/mol. The second kappa shape index (κ2) is 7.05. The van der Waals surface area contributed by atoms with Crippen molar-refractivity contribution in [3.8, 4) is 6.07 Å². The van der Waals surface area contributed by atoms with Crippen LogP contribution >= 0.6 is 0 Å². The highest BCUT2D eigenvalue weighted by atomic mass is 16.3. The Morgan fingerprint density at radius 2 is 2.00 bits per heavy atom. The smallest absolute Gasteiger partial charge is 0.238 e. The zero-order valence-electron chi connectivity index (χ0n) is 13.0. The summed E-state index contributed by atoms with van der Waals surface area (Å²) in [5.74, 6) is 0.329. The molecule has 0 aromatic rings. The maximum Gasteiger partial charge on any atom is 0.238 e. The molecule has 0 spiro atoms. The minimum Gasteiger partial charge on any atom is -0.396 e. The molecule has 1 amide bonds. The third-order valence-corrected chi connectivity index (χ3v) is 4.60. The van der Waals surface area contributed by atoms with Crippen LogP contribution in [0.25, 0.3) is 0 Å². The van der Waals surface area contributed by atoms with Gasteiger partial charge in [-0.2, -0.15) is 5.26 Å². The molecule has 0 bridgehead atoms. The van der Waals surface area contributed by atoms with Crippen LogP contribution < -0.4 is 5.32 Å². The Bertz CT molecular complexity index is 370. The van der Waals surface area contributed by atoms with Crippen molar-refractivity contribution in [1.82, 2.24) is 10.2 Å². The van der Waals surface area contributed by atoms with Gasteiger partial charge in [0.2, 0.25) is 5.91 Å². The van der Waals surface area contributed by atoms with E-state index in [1.165, 1.54) is 0 Å². The molecule has 2 atom stereocenters. The number of carbonyl (C=O) groups excluding carboxylic acids is 1. The van der Waals surface area contributed by atoms with Crippen molar-refractivity contribution in [3.63, 3.8) is 0 Å². The lowest BCUT2D eigenvalue weighted by atomic mass is 9.89. The molecule has 0 aliphatic carbocycles. The third kappa shape index (κ3) is 3.94. The highest BCUT2D eigenvalue weighted by Gasteiger charge is 2.34. The number of hydrogen-bond acceptors (Lipinski definition) is 4. The van der Waals surface area contributed by atoms with E-state index in [0.29, 0.717) is 5.92 Å². The van der Waals surface area contributed by atoms with Crippen LogP contribution in [0.3, 0.4) is 0 Å². The van der Waals surface area contributed by atoms with Crippen molar-refractivity contribution < 1.29 is 9.90 Å². The van der Waals surface area contributed by atoms with Crippen molar-refractivity contribution in [2.75, 3.05) is 19.7 Å². The molecule has 2 unspecified atom stereocenters. The van der Waals surface area contributed by atoms with Crippen LogP contribution in [0, 0.1) is 23.2 Å². The highest BCUT2D eigenvalue weighted by Crippen LogP contribution is 2.20. The summed E-state index contributed by atoms with van der Waals surface area (Å²) in [6, 6.07) is 1.96. The molecule has 5 heteroatoms. The molecule has 0 saturated carbocycles. The van der Waals surface area contributed by atoms with Gasteiger partial charge in [0.25, 0.3) is 0 Å². The van der Waals surface area contributed by atoms with Gasteiger partial charge in [-0.3, -0.25) is 9.69 Å². The summed E-state index contributed by atoms with van der Waals surface area (Å²) in [6.45, 7) is 9.39. The van der Waals surface area contributed by atoms with Crippen LogP contribution in [-0.2, 0) is 4.79 Å². The van der Waals surface area contributed by atoms with Gasteiger partial charge in [-0.1, -0.05) is 13.8 Å². The number of aliphatic hydroxyl groups is 1. The number of piperidine rings is 1. The van der Waals surface area contributed by atoms with Gasteiger partial charge in [0.05, 0.1) is 12.1 Å². The van der Waals surface area contributed by atoms with Crippen LogP contribution in [0.5, 0.6) is 0 Å². The molecule has 1 heterocycles. The molecular formula is C15H27N3O2. The minimum absolute atomic E-state index is 0.0591. The standard InChI is InChI=1S/C15H27N3O2/c1-11(2)15(4,10-16)17-14(20)12(3)18-7-5-13(9-19)6-8-18/h11-13,19H,5-9H2,1-4H3,(H,17,20). The maximum atomic E-state index is 12.3. The molecule has 1 saturated heterocycles. The normalized spacial score (nSPS) is 22.1. The number of hydrogen-bond donors (Lipinski definition) is 2. The first-order valence-corrected chi connectivity index (χ1v) is 7.42. The van der Waals surface area contributed by atoms with Gasteiger partial charge in [-0.25, -0.2) is 0 Å². The second-order valence-corrected chi connectivity index (χ2v) is 6.30. The first kappa shape index (κ1) is 16.9. The molecule has 2 N–H and O–H groups in total. The van der Waals surface area contributed by atoms with E-state index in [1.54, 1.807) is 6.92 Å². The number of nitrogens with zero attached hydrogens (tertiary/aromatic N) is 2. The fourth-order valence-corrected chi connectivity index (χ4v) is 2.35. The fourth-order valence-electron chi connectivity index (χ4n) is 2.35. The molecule has 20 heavy (non-hydrogen) atoms. The van der Waals surface area contributed by atoms with Crippen molar-refractivity contribution in [1.29, 1.82) is 5.26 Å². The van der Waals surface area contributed by atoms with E-state index in [-0.39, 0.29) is 24.5 Å². The first-order valence-electron chi connectivity index (χ1n) is 7.42. The number of aliphatic hydroxyl groups excluding tert-OH is 1. The van der Waals surface area contributed by atoms with E-state index < -0.39 is 5.54 Å². The number of amides is 1. The van der Waals surface area contributed by atoms with Gasteiger partial charge in [0, 0.05) is 6.61 Å². The Kier molecular flexibility index (Phi) is 5.97. The minimum atomic E-state index is -0.825. The molecule has 1 fully saturated rings. The number of likely N-dealkylation sites (tertiary alicyclic amines) is 1. The van der Waals surface area contributed by atoms with Gasteiger partial charge in [-0.05, 0) is 51.6 Å². The summed E-state index contributed by atoms with van der Waals surface area (Å²) < 4.78 is 0. The lowest BCUT2D eigenvalue weighted by Crippen LogP contribution is -2.56. The Labute approximate surface area is 122 Å². The Balaban J connectivity index is 2.58. The van der Waals surface area contributed by atoms with Gasteiger partial charge >= 0.3 is 0 Å². The van der Waals surface area contributed by atoms with Crippen LogP contribution in [0.4, 0.5) is 0 Å². The SMILES string of the molecule is CC(C(=O)NC(C)(C#N)C(C)C)N1CCC(CO)CC1. The molecule has 0 radical (unpaired) electrons. The van der Waals surface area contributed by atoms with Gasteiger partial charge < -0.3 is 10.4 Å². The molecular weight excluding hydrogens is 254 g/mol. The highest BCUT2D eigenvalue weighted by molar-refractivity contribution is 5.82. The number of nitrogens with one attached hydrogen (secondary N) is 1. The molecule has 0 aromatic heterocycles. The molecule has 114 valence electrons. The summed E-state index contributed by atoms with van der Waals surface area (Å²) in [5.41, 5.74) is -0.825. The average Bonchev–Trinajstić information content (AvgIpc) is 2.46. The second-order valence-electron chi connectivity index (χ2n) is 6.30. The molecule has 1 rings (SSSR count). The Morgan fingerprint density at radius 1 is 1.45 bits per heavy atom. The quantitative estimate of drug-likeness (QED) is 0.792. The summed E-state index contributed by atoms with van der Waals surface area (Å²) >= 11 is 0. The summed E-state index contributed by atoms with van der Waals surface area (Å²) in [6.07, 6.45) is 1.85. The van der Waals surface area contributed by atoms with E-state index in [4.69, 9.17) is 5.11 Å². The Hall–Kier alpha value is -1.12. The summed E-state index contributed by atoms with van der Waals surface area (Å²) in [5, 5.41) is 21.3. The topological polar surface area (TPSA) is 76.4 Å². The zero-order chi connectivity index (χ0) is 15.3. The van der Waals surface area contributed by atoms with Crippen molar-refractivity contribution >= 4 is 5.91 Å². The zero-order valence-corrected chi connectivity index (χ0v) is 13.0. The number of rotatable bonds is 5. The van der Waals surface area contributed by atoms with Gasteiger partial charge in [-0.15, -0.1) is 0 Å². The van der Waals surface area contributed by atoms with E-state index in [1.807, 2.05) is 20.8 Å². The van der Waals surface area contributed by atoms with Gasteiger partial charge in [0.15, 0.2) is 0 Å². The summed E-state index contributed by atoms with van der Waals surface area (Å²) in [7, 11) is 0. The van der Waals surface area contributed by atoms with Crippen LogP contribution in [0.2, 0.25) is 0 Å². The van der Waals surface area contributed by atoms with E-state index in [9.17, 15) is 10.1 Å². The fraction of sp³-hybridized carbons (Fsp3) is 0.867. The summed E-state index contributed by atoms with van der Waals surface area (Å²) in [4.78, 5) is 14.4. The first-order chi connectivity index (χ1) is 9.34. The van der Waals surface area contributed by atoms with Gasteiger partial charge in [0.1, 0.15) is 5.54 Å². The molecule has 0 aromatic carbocycles. The third-order valence-electron chi connectivity index (χ3n) is 4.60. The predicted octanol–water partition coefficient (Wildman–Crippen LogP) is 1.13. The molecule has 1 aliphatic heterocycles. The number of carbonyl (C=O) groups is 1. The predicted molar refractivity (Wildman–Crippen MR) is 77.8 cm³/mol. The van der Waals surface area contributed by atoms with Crippen LogP contribution in [-0.4, -0.2) is 47.2 Å². The lowest BCUT2D eigenvalue weighted by molar-refractivity contribution is -0.128. The number of nitriles is 1. The van der Waals surface area contributed by atoms with Crippen LogP contribution in [0.1, 0.15) is 40.5 Å². The molecule has 1 aliphatic rings. The van der Waals surface area contributed by atoms with E-state index in [0.717, 1.165) is 25.9 Å². The Morgan fingerprint density at radius 3 is 2.40 bits per heavy atom. The van der Waals surface area contributed by atoms with Crippen molar-refractivity contribution in [2.45, 2.75) is 52.1 Å². The maximum absolute atomic E-state index is 12.3. The van der Waals surface area contributed by atoms with Crippen molar-refractivity contribution in [3.05, 3.63) is 0 Å². The average molecular weight is 281 g/mol. The van der Waals surface area contributed by atoms with Crippen molar-refractivity contribution in [2.24, 2.45) is 11.8 Å². The van der Waals surface area contributed by atoms with E-state index in [2.05, 4.69) is 16.3 Å². The lowest BCUT2D eigenvalue weighted by Gasteiger charge is -2.36. The molecule has 5 nitrogen and oxygen atoms in total. The van der Waals surface area contributed by atoms with E-state index >= 15 is 0 Å². The van der Waals surface area contributed by atoms with Crippen LogP contribution in [0.15, 0.2) is 0 Å².